The van der Waals surface area contributed by atoms with Crippen molar-refractivity contribution >= 4 is 11.8 Å². The lowest BCUT2D eigenvalue weighted by Crippen LogP contribution is -2.49. The van der Waals surface area contributed by atoms with E-state index in [1.807, 2.05) is 26.0 Å². The summed E-state index contributed by atoms with van der Waals surface area (Å²) < 4.78 is 18.4. The Bertz CT molecular complexity index is 775. The highest BCUT2D eigenvalue weighted by Gasteiger charge is 2.28. The van der Waals surface area contributed by atoms with Gasteiger partial charge in [0.2, 0.25) is 11.8 Å². The van der Waals surface area contributed by atoms with E-state index in [2.05, 4.69) is 5.32 Å². The molecular weight excluding hydrogens is 359 g/mol. The molecule has 0 saturated heterocycles. The monoisotopic (exact) mass is 386 g/mol. The van der Waals surface area contributed by atoms with Crippen LogP contribution in [0.15, 0.2) is 48.5 Å². The van der Waals surface area contributed by atoms with Crippen molar-refractivity contribution in [3.63, 3.8) is 0 Å². The van der Waals surface area contributed by atoms with Gasteiger partial charge in [0, 0.05) is 13.1 Å². The number of hydrogen-bond acceptors (Lipinski definition) is 3. The molecule has 0 saturated carbocycles. The van der Waals surface area contributed by atoms with Gasteiger partial charge in [-0.05, 0) is 48.7 Å². The molecule has 0 bridgehead atoms. The molecule has 0 aromatic heterocycles. The van der Waals surface area contributed by atoms with Gasteiger partial charge in [0.1, 0.15) is 17.6 Å². The largest absolute Gasteiger partial charge is 0.497 e. The molecule has 0 fully saturated rings. The minimum Gasteiger partial charge on any atom is -0.497 e. The van der Waals surface area contributed by atoms with Crippen LogP contribution in [0, 0.1) is 5.82 Å². The lowest BCUT2D eigenvalue weighted by Gasteiger charge is -2.30. The third kappa shape index (κ3) is 5.81. The number of methoxy groups -OCH3 is 1. The molecule has 1 atom stereocenters. The molecule has 0 aliphatic rings. The fraction of sp³-hybridized carbons (Fsp3) is 0.364. The number of nitrogens with zero attached hydrogens (tertiary/aromatic N) is 1. The van der Waals surface area contributed by atoms with Gasteiger partial charge in [0.15, 0.2) is 0 Å². The van der Waals surface area contributed by atoms with Crippen molar-refractivity contribution in [2.45, 2.75) is 39.3 Å². The van der Waals surface area contributed by atoms with Gasteiger partial charge in [0.05, 0.1) is 13.5 Å². The van der Waals surface area contributed by atoms with E-state index in [1.54, 1.807) is 36.3 Å². The van der Waals surface area contributed by atoms with Crippen LogP contribution in [0.25, 0.3) is 0 Å². The van der Waals surface area contributed by atoms with E-state index < -0.39 is 6.04 Å². The van der Waals surface area contributed by atoms with E-state index in [9.17, 15) is 14.0 Å². The van der Waals surface area contributed by atoms with Gasteiger partial charge >= 0.3 is 0 Å². The third-order valence-electron chi connectivity index (χ3n) is 4.52. The Balaban J connectivity index is 2.24. The second kappa shape index (κ2) is 10.4. The smallest absolute Gasteiger partial charge is 0.242 e. The van der Waals surface area contributed by atoms with Gasteiger partial charge in [-0.15, -0.1) is 0 Å². The van der Waals surface area contributed by atoms with Gasteiger partial charge in [-0.3, -0.25) is 9.59 Å². The Morgan fingerprint density at radius 2 is 1.64 bits per heavy atom. The Morgan fingerprint density at radius 3 is 2.18 bits per heavy atom. The Kier molecular flexibility index (Phi) is 7.99. The predicted octanol–water partition coefficient (Wildman–Crippen LogP) is 3.32. The Hall–Kier alpha value is -2.89. The van der Waals surface area contributed by atoms with Gasteiger partial charge in [-0.2, -0.15) is 0 Å². The number of likely N-dealkylation sites (N-methyl/N-ethyl adjacent to an activating group) is 1. The number of nitrogens with one attached hydrogen (secondary N) is 1. The molecule has 2 amide bonds. The highest BCUT2D eigenvalue weighted by atomic mass is 19.1. The molecule has 2 aromatic rings. The number of carbonyl (C=O) groups is 2. The van der Waals surface area contributed by atoms with Crippen molar-refractivity contribution in [3.05, 3.63) is 65.5 Å². The quantitative estimate of drug-likeness (QED) is 0.719. The van der Waals surface area contributed by atoms with Gasteiger partial charge < -0.3 is 15.0 Å². The number of hydrogen-bond donors (Lipinski definition) is 1. The summed E-state index contributed by atoms with van der Waals surface area (Å²) in [5, 5.41) is 2.80. The molecule has 5 nitrogen and oxygen atoms in total. The van der Waals surface area contributed by atoms with Crippen LogP contribution in [0.3, 0.4) is 0 Å². The molecule has 2 aromatic carbocycles. The summed E-state index contributed by atoms with van der Waals surface area (Å²) in [5.74, 6) is 0.0338. The van der Waals surface area contributed by atoms with Crippen LogP contribution < -0.4 is 10.1 Å². The maximum Gasteiger partial charge on any atom is 0.242 e. The summed E-state index contributed by atoms with van der Waals surface area (Å²) in [6, 6.07) is 12.7. The van der Waals surface area contributed by atoms with Crippen LogP contribution in [-0.4, -0.2) is 36.4 Å². The SMILES string of the molecule is CCNC(=O)[C@H](CC)N(Cc1ccc(F)cc1)C(=O)Cc1ccc(OC)cc1. The summed E-state index contributed by atoms with van der Waals surface area (Å²) in [7, 11) is 1.59. The minimum absolute atomic E-state index is 0.160. The molecule has 6 heteroatoms. The fourth-order valence-electron chi connectivity index (χ4n) is 3.02. The average molecular weight is 386 g/mol. The average Bonchev–Trinajstić information content (AvgIpc) is 2.70. The molecule has 28 heavy (non-hydrogen) atoms. The fourth-order valence-corrected chi connectivity index (χ4v) is 3.02. The van der Waals surface area contributed by atoms with Crippen LogP contribution in [0.5, 0.6) is 5.75 Å². The molecule has 0 radical (unpaired) electrons. The maximum absolute atomic E-state index is 13.2. The van der Waals surface area contributed by atoms with Crippen molar-refractivity contribution < 1.29 is 18.7 Å². The van der Waals surface area contributed by atoms with Crippen LogP contribution in [0.4, 0.5) is 4.39 Å². The molecule has 0 heterocycles. The second-order valence-electron chi connectivity index (χ2n) is 6.49. The normalized spacial score (nSPS) is 11.6. The summed E-state index contributed by atoms with van der Waals surface area (Å²) in [4.78, 5) is 27.2. The first-order valence-corrected chi connectivity index (χ1v) is 9.43. The van der Waals surface area contributed by atoms with Crippen LogP contribution >= 0.6 is 0 Å². The highest BCUT2D eigenvalue weighted by molar-refractivity contribution is 5.88. The summed E-state index contributed by atoms with van der Waals surface area (Å²) in [6.45, 7) is 4.45. The van der Waals surface area contributed by atoms with Crippen molar-refractivity contribution in [2.75, 3.05) is 13.7 Å². The topological polar surface area (TPSA) is 58.6 Å². The van der Waals surface area contributed by atoms with Gasteiger partial charge in [0.25, 0.3) is 0 Å². The molecule has 150 valence electrons. The zero-order valence-corrected chi connectivity index (χ0v) is 16.6. The lowest BCUT2D eigenvalue weighted by atomic mass is 10.1. The van der Waals surface area contributed by atoms with E-state index in [0.717, 1.165) is 11.1 Å². The highest BCUT2D eigenvalue weighted by Crippen LogP contribution is 2.17. The molecule has 0 aliphatic heterocycles. The molecule has 1 N–H and O–H groups in total. The minimum atomic E-state index is -0.587. The molecule has 2 rings (SSSR count). The van der Waals surface area contributed by atoms with Crippen LogP contribution in [0.1, 0.15) is 31.4 Å². The van der Waals surface area contributed by atoms with Crippen LogP contribution in [-0.2, 0) is 22.6 Å². The second-order valence-corrected chi connectivity index (χ2v) is 6.49. The van der Waals surface area contributed by atoms with Crippen molar-refractivity contribution in [2.24, 2.45) is 0 Å². The zero-order valence-electron chi connectivity index (χ0n) is 16.6. The summed E-state index contributed by atoms with van der Waals surface area (Å²) in [6.07, 6.45) is 0.655. The van der Waals surface area contributed by atoms with E-state index in [-0.39, 0.29) is 30.6 Å². The van der Waals surface area contributed by atoms with Crippen molar-refractivity contribution in [1.29, 1.82) is 0 Å². The summed E-state index contributed by atoms with van der Waals surface area (Å²) >= 11 is 0. The standard InChI is InChI=1S/C22H27FN2O3/c1-4-20(22(27)24-5-2)25(15-17-6-10-18(23)11-7-17)21(26)14-16-8-12-19(28-3)13-9-16/h6-13,20H,4-5,14-15H2,1-3H3,(H,24,27)/t20-/m0/s1. The third-order valence-corrected chi connectivity index (χ3v) is 4.52. The predicted molar refractivity (Wildman–Crippen MR) is 106 cm³/mol. The van der Waals surface area contributed by atoms with Gasteiger partial charge in [-0.25, -0.2) is 4.39 Å². The van der Waals surface area contributed by atoms with Gasteiger partial charge in [-0.1, -0.05) is 31.2 Å². The Labute approximate surface area is 165 Å². The number of amides is 2. The number of ether oxygens (including phenoxy) is 1. The maximum atomic E-state index is 13.2. The van der Waals surface area contributed by atoms with E-state index >= 15 is 0 Å². The van der Waals surface area contributed by atoms with E-state index in [1.165, 1.54) is 12.1 Å². The number of halogens is 1. The molecule has 0 unspecified atom stereocenters. The molecule has 0 spiro atoms. The van der Waals surface area contributed by atoms with Crippen LogP contribution in [0.2, 0.25) is 0 Å². The van der Waals surface area contributed by atoms with E-state index in [0.29, 0.717) is 18.7 Å². The summed E-state index contributed by atoms with van der Waals surface area (Å²) in [5.41, 5.74) is 1.60. The molecule has 0 aliphatic carbocycles. The first-order valence-electron chi connectivity index (χ1n) is 9.43. The first-order chi connectivity index (χ1) is 13.5. The number of carbonyl (C=O) groups excluding carboxylic acids is 2. The zero-order chi connectivity index (χ0) is 20.5. The first kappa shape index (κ1) is 21.4. The molecular formula is C22H27FN2O3. The van der Waals surface area contributed by atoms with Crippen molar-refractivity contribution in [3.8, 4) is 5.75 Å². The van der Waals surface area contributed by atoms with Crippen molar-refractivity contribution in [1.82, 2.24) is 10.2 Å². The lowest BCUT2D eigenvalue weighted by molar-refractivity contribution is -0.140. The number of rotatable bonds is 9. The Morgan fingerprint density at radius 1 is 1.04 bits per heavy atom. The van der Waals surface area contributed by atoms with E-state index in [4.69, 9.17) is 4.74 Å². The number of benzene rings is 2.